The molecule has 0 unspecified atom stereocenters. The van der Waals surface area contributed by atoms with Crippen LogP contribution in [0.15, 0.2) is 65.8 Å². The van der Waals surface area contributed by atoms with Crippen molar-refractivity contribution >= 4 is 23.5 Å². The number of rotatable bonds is 8. The Morgan fingerprint density at radius 2 is 1.73 bits per heavy atom. The summed E-state index contributed by atoms with van der Waals surface area (Å²) >= 11 is 1.30. The summed E-state index contributed by atoms with van der Waals surface area (Å²) < 4.78 is 8.66. The van der Waals surface area contributed by atoms with Crippen molar-refractivity contribution in [3.8, 4) is 11.4 Å². The number of ether oxygens (including phenoxy) is 1. The van der Waals surface area contributed by atoms with Crippen LogP contribution in [0, 0.1) is 13.8 Å². The third-order valence-electron chi connectivity index (χ3n) is 5.14. The third-order valence-corrected chi connectivity index (χ3v) is 6.06. The van der Waals surface area contributed by atoms with Gasteiger partial charge in [-0.2, -0.15) is 4.68 Å². The highest BCUT2D eigenvalue weighted by Crippen LogP contribution is 2.25. The van der Waals surface area contributed by atoms with Crippen molar-refractivity contribution in [2.75, 3.05) is 12.4 Å². The van der Waals surface area contributed by atoms with Crippen LogP contribution in [0.4, 0.5) is 0 Å². The molecule has 2 aromatic carbocycles. The van der Waals surface area contributed by atoms with Crippen LogP contribution in [-0.2, 0) is 4.74 Å². The number of tetrazole rings is 1. The fourth-order valence-electron chi connectivity index (χ4n) is 3.61. The Kier molecular flexibility index (Phi) is 6.69. The van der Waals surface area contributed by atoms with Crippen molar-refractivity contribution in [3.05, 3.63) is 83.2 Å². The van der Waals surface area contributed by atoms with Gasteiger partial charge in [0, 0.05) is 22.6 Å². The summed E-state index contributed by atoms with van der Waals surface area (Å²) in [5.74, 6) is -0.153. The molecule has 2 aromatic heterocycles. The van der Waals surface area contributed by atoms with E-state index in [2.05, 4.69) is 15.5 Å². The minimum absolute atomic E-state index is 0.00916. The molecule has 0 aliphatic rings. The fraction of sp³-hybridized carbons (Fsp3) is 0.208. The standard InChI is InChI=1S/C24H23N5O3S/c1-4-32-23(31)18-10-12-19(13-11-18)28-16(2)14-21(17(28)3)22(30)15-33-24-25-26-27-29(24)20-8-6-5-7-9-20/h5-14H,4,15H2,1-3H3. The number of esters is 1. The minimum Gasteiger partial charge on any atom is -0.462 e. The summed E-state index contributed by atoms with van der Waals surface area (Å²) in [5.41, 5.74) is 4.61. The maximum atomic E-state index is 13.0. The van der Waals surface area contributed by atoms with Crippen LogP contribution in [0.5, 0.6) is 0 Å². The lowest BCUT2D eigenvalue weighted by molar-refractivity contribution is 0.0526. The SMILES string of the molecule is CCOC(=O)c1ccc(-n2c(C)cc(C(=O)CSc3nnnn3-c3ccccc3)c2C)cc1. The number of nitrogens with zero attached hydrogens (tertiary/aromatic N) is 5. The van der Waals surface area contributed by atoms with Crippen molar-refractivity contribution in [2.45, 2.75) is 25.9 Å². The van der Waals surface area contributed by atoms with Crippen molar-refractivity contribution in [3.63, 3.8) is 0 Å². The normalized spacial score (nSPS) is 10.9. The molecule has 0 fully saturated rings. The smallest absolute Gasteiger partial charge is 0.338 e. The lowest BCUT2D eigenvalue weighted by atomic mass is 10.2. The molecule has 0 spiro atoms. The van der Waals surface area contributed by atoms with Crippen molar-refractivity contribution < 1.29 is 14.3 Å². The van der Waals surface area contributed by atoms with E-state index in [-0.39, 0.29) is 17.5 Å². The molecule has 4 aromatic rings. The Morgan fingerprint density at radius 3 is 2.42 bits per heavy atom. The van der Waals surface area contributed by atoms with Crippen LogP contribution < -0.4 is 0 Å². The molecule has 0 saturated carbocycles. The fourth-order valence-corrected chi connectivity index (χ4v) is 4.39. The zero-order valence-corrected chi connectivity index (χ0v) is 19.4. The van der Waals surface area contributed by atoms with E-state index in [9.17, 15) is 9.59 Å². The number of carbonyl (C=O) groups is 2. The largest absolute Gasteiger partial charge is 0.462 e. The second kappa shape index (κ2) is 9.83. The molecule has 0 saturated heterocycles. The van der Waals surface area contributed by atoms with E-state index in [1.807, 2.05) is 66.9 Å². The van der Waals surface area contributed by atoms with Gasteiger partial charge in [-0.25, -0.2) is 4.79 Å². The topological polar surface area (TPSA) is 91.9 Å². The van der Waals surface area contributed by atoms with Gasteiger partial charge in [-0.3, -0.25) is 4.79 Å². The number of carbonyl (C=O) groups excluding carboxylic acids is 2. The predicted molar refractivity (Wildman–Crippen MR) is 125 cm³/mol. The summed E-state index contributed by atoms with van der Waals surface area (Å²) in [6.07, 6.45) is 0. The molecule has 0 atom stereocenters. The van der Waals surface area contributed by atoms with Crippen LogP contribution in [-0.4, -0.2) is 48.9 Å². The number of aromatic nitrogens is 5. The second-order valence-electron chi connectivity index (χ2n) is 7.31. The number of benzene rings is 2. The van der Waals surface area contributed by atoms with Crippen molar-refractivity contribution in [1.82, 2.24) is 24.8 Å². The molecule has 0 radical (unpaired) electrons. The molecule has 9 heteroatoms. The summed E-state index contributed by atoms with van der Waals surface area (Å²) in [4.78, 5) is 25.0. The lowest BCUT2D eigenvalue weighted by Gasteiger charge is -2.11. The quantitative estimate of drug-likeness (QED) is 0.220. The number of para-hydroxylation sites is 1. The van der Waals surface area contributed by atoms with Gasteiger partial charge in [0.15, 0.2) is 5.78 Å². The van der Waals surface area contributed by atoms with Gasteiger partial charge in [-0.05, 0) is 73.7 Å². The highest BCUT2D eigenvalue weighted by atomic mass is 32.2. The Balaban J connectivity index is 1.51. The average molecular weight is 462 g/mol. The molecule has 33 heavy (non-hydrogen) atoms. The predicted octanol–water partition coefficient (Wildman–Crippen LogP) is 4.22. The minimum atomic E-state index is -0.351. The van der Waals surface area contributed by atoms with Gasteiger partial charge in [0.05, 0.1) is 23.6 Å². The first-order valence-corrected chi connectivity index (χ1v) is 11.4. The van der Waals surface area contributed by atoms with Gasteiger partial charge < -0.3 is 9.30 Å². The van der Waals surface area contributed by atoms with E-state index in [0.717, 1.165) is 22.8 Å². The molecule has 2 heterocycles. The summed E-state index contributed by atoms with van der Waals surface area (Å²) in [7, 11) is 0. The molecule has 4 rings (SSSR count). The van der Waals surface area contributed by atoms with Gasteiger partial charge >= 0.3 is 5.97 Å². The van der Waals surface area contributed by atoms with Gasteiger partial charge in [-0.1, -0.05) is 30.0 Å². The Bertz CT molecular complexity index is 1280. The summed E-state index contributed by atoms with van der Waals surface area (Å²) in [6.45, 7) is 5.97. The molecule has 0 N–H and O–H groups in total. The highest BCUT2D eigenvalue weighted by Gasteiger charge is 2.19. The first-order valence-electron chi connectivity index (χ1n) is 10.5. The van der Waals surface area contributed by atoms with Crippen LogP contribution >= 0.6 is 11.8 Å². The number of ketones is 1. The van der Waals surface area contributed by atoms with Crippen molar-refractivity contribution in [2.24, 2.45) is 0 Å². The van der Waals surface area contributed by atoms with Crippen LogP contribution in [0.2, 0.25) is 0 Å². The number of aryl methyl sites for hydroxylation is 1. The van der Waals surface area contributed by atoms with Crippen LogP contribution in [0.1, 0.15) is 39.0 Å². The second-order valence-corrected chi connectivity index (χ2v) is 8.25. The molecular formula is C24H23N5O3S. The van der Waals surface area contributed by atoms with E-state index in [1.165, 1.54) is 11.8 Å². The monoisotopic (exact) mass is 461 g/mol. The Hall–Kier alpha value is -3.72. The molecule has 8 nitrogen and oxygen atoms in total. The van der Waals surface area contributed by atoms with Crippen molar-refractivity contribution in [1.29, 1.82) is 0 Å². The van der Waals surface area contributed by atoms with Gasteiger partial charge in [-0.15, -0.1) is 5.10 Å². The molecule has 168 valence electrons. The zero-order chi connectivity index (χ0) is 23.4. The lowest BCUT2D eigenvalue weighted by Crippen LogP contribution is -2.07. The third kappa shape index (κ3) is 4.73. The highest BCUT2D eigenvalue weighted by molar-refractivity contribution is 7.99. The number of hydrogen-bond donors (Lipinski definition) is 0. The van der Waals surface area contributed by atoms with E-state index in [0.29, 0.717) is 22.9 Å². The maximum Gasteiger partial charge on any atom is 0.338 e. The molecule has 0 aliphatic heterocycles. The van der Waals surface area contributed by atoms with Crippen LogP contribution in [0.3, 0.4) is 0 Å². The first-order chi connectivity index (χ1) is 16.0. The van der Waals surface area contributed by atoms with E-state index >= 15 is 0 Å². The molecular weight excluding hydrogens is 438 g/mol. The maximum absolute atomic E-state index is 13.0. The zero-order valence-electron chi connectivity index (χ0n) is 18.6. The molecule has 0 amide bonds. The first kappa shape index (κ1) is 22.5. The molecule has 0 bridgehead atoms. The Labute approximate surface area is 195 Å². The summed E-state index contributed by atoms with van der Waals surface area (Å²) in [6, 6.07) is 18.6. The van der Waals surface area contributed by atoms with Crippen LogP contribution in [0.25, 0.3) is 11.4 Å². The van der Waals surface area contributed by atoms with E-state index < -0.39 is 0 Å². The number of hydrogen-bond acceptors (Lipinski definition) is 7. The van der Waals surface area contributed by atoms with Gasteiger partial charge in [0.1, 0.15) is 0 Å². The number of thioether (sulfide) groups is 1. The van der Waals surface area contributed by atoms with Gasteiger partial charge in [0.25, 0.3) is 0 Å². The average Bonchev–Trinajstić information content (AvgIpc) is 3.42. The number of Topliss-reactive ketones (excluding diaryl/α,β-unsaturated/α-hetero) is 1. The van der Waals surface area contributed by atoms with Gasteiger partial charge in [0.2, 0.25) is 5.16 Å². The Morgan fingerprint density at radius 1 is 1.00 bits per heavy atom. The van der Waals surface area contributed by atoms with E-state index in [4.69, 9.17) is 4.74 Å². The summed E-state index contributed by atoms with van der Waals surface area (Å²) in [5, 5.41) is 12.4. The van der Waals surface area contributed by atoms with E-state index in [1.54, 1.807) is 23.7 Å². The molecule has 0 aliphatic carbocycles.